The van der Waals surface area contributed by atoms with Crippen LogP contribution in [0.4, 0.5) is 0 Å². The fourth-order valence-corrected chi connectivity index (χ4v) is 2.27. The van der Waals surface area contributed by atoms with E-state index in [0.717, 1.165) is 11.1 Å². The summed E-state index contributed by atoms with van der Waals surface area (Å²) in [5.41, 5.74) is 4.89. The number of halogens is 2. The van der Waals surface area contributed by atoms with Crippen LogP contribution in [0.15, 0.2) is 55.1 Å². The summed E-state index contributed by atoms with van der Waals surface area (Å²) in [4.78, 5) is 0. The molecule has 1 nitrogen and oxygen atoms in total. The molecule has 0 saturated heterocycles. The van der Waals surface area contributed by atoms with Crippen molar-refractivity contribution in [3.8, 4) is 0 Å². The van der Waals surface area contributed by atoms with Crippen LogP contribution in [0.5, 0.6) is 0 Å². The second kappa shape index (κ2) is 16.6. The summed E-state index contributed by atoms with van der Waals surface area (Å²) in [5, 5.41) is 0. The average molecular weight is 388 g/mol. The van der Waals surface area contributed by atoms with Crippen LogP contribution in [-0.4, -0.2) is 24.5 Å². The van der Waals surface area contributed by atoms with Crippen LogP contribution < -0.4 is 0 Å². The van der Waals surface area contributed by atoms with Crippen molar-refractivity contribution in [1.82, 2.24) is 0 Å². The predicted octanol–water partition coefficient (Wildman–Crippen LogP) is 6.54. The minimum absolute atomic E-state index is 0. The molecule has 0 saturated carbocycles. The van der Waals surface area contributed by atoms with Crippen LogP contribution in [0.1, 0.15) is 48.4 Å². The third-order valence-electron chi connectivity index (χ3n) is 3.69. The van der Waals surface area contributed by atoms with Gasteiger partial charge in [0.05, 0.1) is 0 Å². The third-order valence-corrected chi connectivity index (χ3v) is 4.30. The van der Waals surface area contributed by atoms with E-state index < -0.39 is 0 Å². The molecule has 0 heterocycles. The van der Waals surface area contributed by atoms with Crippen LogP contribution >= 0.6 is 23.2 Å². The third kappa shape index (κ3) is 10.7. The number of hydrogen-bond acceptors (Lipinski definition) is 1. The van der Waals surface area contributed by atoms with E-state index in [0.29, 0.717) is 17.7 Å². The molecule has 4 radical (unpaired) electrons. The van der Waals surface area contributed by atoms with E-state index in [9.17, 15) is 0 Å². The molecule has 0 bridgehead atoms. The fourth-order valence-electron chi connectivity index (χ4n) is 1.91. The van der Waals surface area contributed by atoms with Crippen LogP contribution in [0, 0.1) is 4.35 Å². The summed E-state index contributed by atoms with van der Waals surface area (Å²) in [6.45, 7) is 8.11. The molecule has 130 valence electrons. The van der Waals surface area contributed by atoms with Crippen molar-refractivity contribution in [2.24, 2.45) is 0 Å². The summed E-state index contributed by atoms with van der Waals surface area (Å²) in [6.07, 6.45) is 3.01. The van der Waals surface area contributed by atoms with Gasteiger partial charge in [-0.05, 0) is 34.6 Å². The Kier molecular flexibility index (Phi) is 17.5. The Bertz CT molecular complexity index is 573. The van der Waals surface area contributed by atoms with Gasteiger partial charge in [0.15, 0.2) is 0 Å². The summed E-state index contributed by atoms with van der Waals surface area (Å²) >= 11 is 13.0. The van der Waals surface area contributed by atoms with Gasteiger partial charge in [-0.2, -0.15) is 0 Å². The number of benzene rings is 2. The standard InChI is InChI=1S/C11H15Cl.C9H9Cl.Al.B.HN/c1-3-9(2)11-6-4-10(8-12)5-7-11;1-2-8-3-5-9(7-10)6-4-8;;;/h4-7,9H,3,8H2,1-2H3;2-6H,1,7H2;;;1H. The number of hydrogen-bond donors (Lipinski definition) is 1. The van der Waals surface area contributed by atoms with Gasteiger partial charge >= 0.3 is 20.4 Å². The summed E-state index contributed by atoms with van der Waals surface area (Å²) in [7, 11) is 0. The van der Waals surface area contributed by atoms with Crippen molar-refractivity contribution in [2.75, 3.05) is 0 Å². The number of rotatable bonds is 5. The molecule has 0 aliphatic carbocycles. The SMILES string of the molecule is C=Cc1ccc(CCl)cc1.CCC(C)c1ccc(CCl)cc1.[B].[NH]=[Al]. The topological polar surface area (TPSA) is 23.9 Å². The molecule has 0 aliphatic heterocycles. The van der Waals surface area contributed by atoms with Crippen molar-refractivity contribution in [3.63, 3.8) is 0 Å². The van der Waals surface area contributed by atoms with E-state index in [-0.39, 0.29) is 8.41 Å². The van der Waals surface area contributed by atoms with Gasteiger partial charge in [-0.15, -0.1) is 23.2 Å². The van der Waals surface area contributed by atoms with Crippen molar-refractivity contribution in [2.45, 2.75) is 37.9 Å². The molecule has 2 aromatic rings. The zero-order chi connectivity index (χ0) is 18.4. The maximum absolute atomic E-state index is 5.69. The second-order valence-corrected chi connectivity index (χ2v) is 5.80. The summed E-state index contributed by atoms with van der Waals surface area (Å²) < 4.78 is 5.67. The maximum atomic E-state index is 5.69. The zero-order valence-electron chi connectivity index (χ0n) is 15.0. The van der Waals surface area contributed by atoms with Gasteiger partial charge in [-0.1, -0.05) is 75.0 Å². The van der Waals surface area contributed by atoms with Gasteiger partial charge in [-0.25, -0.2) is 0 Å². The average Bonchev–Trinajstić information content (AvgIpc) is 2.69. The molecule has 25 heavy (non-hydrogen) atoms. The molecule has 2 rings (SSSR count). The van der Waals surface area contributed by atoms with Crippen LogP contribution in [0.25, 0.3) is 6.08 Å². The molecular weight excluding hydrogens is 363 g/mol. The van der Waals surface area contributed by atoms with Crippen molar-refractivity contribution >= 4 is 53.8 Å². The van der Waals surface area contributed by atoms with Crippen LogP contribution in [0.2, 0.25) is 0 Å². The molecule has 1 atom stereocenters. The minimum atomic E-state index is 0. The Labute approximate surface area is 173 Å². The van der Waals surface area contributed by atoms with E-state index in [1.165, 1.54) is 17.5 Å². The van der Waals surface area contributed by atoms with Gasteiger partial charge < -0.3 is 0 Å². The Morgan fingerprint density at radius 3 is 1.68 bits per heavy atom. The normalized spacial score (nSPS) is 10.0. The molecular formula is C20H25AlBCl2N. The Hall–Kier alpha value is -0.843. The van der Waals surface area contributed by atoms with Gasteiger partial charge in [0.2, 0.25) is 0 Å². The molecule has 2 aromatic carbocycles. The molecule has 1 unspecified atom stereocenters. The summed E-state index contributed by atoms with van der Waals surface area (Å²) in [6, 6.07) is 16.6. The van der Waals surface area contributed by atoms with Crippen molar-refractivity contribution < 1.29 is 0 Å². The molecule has 0 fully saturated rings. The number of alkyl halides is 2. The van der Waals surface area contributed by atoms with E-state index in [1.54, 1.807) is 16.1 Å². The van der Waals surface area contributed by atoms with E-state index >= 15 is 0 Å². The van der Waals surface area contributed by atoms with E-state index in [1.807, 2.05) is 30.3 Å². The molecule has 0 amide bonds. The first-order valence-electron chi connectivity index (χ1n) is 7.85. The van der Waals surface area contributed by atoms with Gasteiger partial charge in [-0.3, -0.25) is 0 Å². The molecule has 0 aliphatic rings. The summed E-state index contributed by atoms with van der Waals surface area (Å²) in [5.74, 6) is 1.85. The predicted molar refractivity (Wildman–Crippen MR) is 115 cm³/mol. The molecule has 0 aromatic heterocycles. The molecule has 0 spiro atoms. The van der Waals surface area contributed by atoms with Crippen LogP contribution in [0.3, 0.4) is 0 Å². The first-order valence-corrected chi connectivity index (χ1v) is 9.50. The zero-order valence-corrected chi connectivity index (χ0v) is 17.7. The van der Waals surface area contributed by atoms with Gasteiger partial charge in [0, 0.05) is 20.2 Å². The molecule has 1 N–H and O–H groups in total. The first-order chi connectivity index (χ1) is 11.6. The fraction of sp³-hybridized carbons (Fsp3) is 0.300. The van der Waals surface area contributed by atoms with Crippen molar-refractivity contribution in [3.05, 3.63) is 77.4 Å². The van der Waals surface area contributed by atoms with Gasteiger partial charge in [0.1, 0.15) is 0 Å². The molecule has 5 heteroatoms. The Balaban J connectivity index is 0. The first kappa shape index (κ1) is 26.4. The van der Waals surface area contributed by atoms with E-state index in [2.05, 4.69) is 44.7 Å². The number of nitrogens with one attached hydrogen (secondary N) is 1. The second-order valence-electron chi connectivity index (χ2n) is 5.26. The monoisotopic (exact) mass is 387 g/mol. The Morgan fingerprint density at radius 1 is 0.960 bits per heavy atom. The van der Waals surface area contributed by atoms with Gasteiger partial charge in [0.25, 0.3) is 0 Å². The Morgan fingerprint density at radius 2 is 1.36 bits per heavy atom. The van der Waals surface area contributed by atoms with Crippen LogP contribution in [-0.2, 0) is 11.8 Å². The van der Waals surface area contributed by atoms with E-state index in [4.69, 9.17) is 27.5 Å². The quantitative estimate of drug-likeness (QED) is 0.444. The van der Waals surface area contributed by atoms with Crippen molar-refractivity contribution in [1.29, 1.82) is 4.35 Å².